The number of halogens is 4. The lowest BCUT2D eigenvalue weighted by Gasteiger charge is -2.09. The van der Waals surface area contributed by atoms with Crippen LogP contribution in [0.1, 0.15) is 5.56 Å². The Morgan fingerprint density at radius 1 is 1.33 bits per heavy atom. The molecule has 1 aromatic carbocycles. The summed E-state index contributed by atoms with van der Waals surface area (Å²) in [6, 6.07) is 6.19. The number of nitrogens with zero attached hydrogens (tertiary/aromatic N) is 1. The highest BCUT2D eigenvalue weighted by molar-refractivity contribution is 9.11. The van der Waals surface area contributed by atoms with Crippen molar-refractivity contribution in [1.29, 1.82) is 0 Å². The molecule has 6 heteroatoms. The first-order valence-corrected chi connectivity index (χ1v) is 6.94. The third-order valence-electron chi connectivity index (χ3n) is 2.38. The first-order valence-electron chi connectivity index (χ1n) is 4.97. The molecule has 0 amide bonds. The lowest BCUT2D eigenvalue weighted by Crippen LogP contribution is -2.20. The average Bonchev–Trinajstić information content (AvgIpc) is 2.31. The van der Waals surface area contributed by atoms with E-state index in [4.69, 9.17) is 11.6 Å². The Bertz CT molecular complexity index is 657. The first kappa shape index (κ1) is 13.8. The van der Waals surface area contributed by atoms with Gasteiger partial charge in [-0.1, -0.05) is 23.7 Å². The van der Waals surface area contributed by atoms with E-state index in [0.29, 0.717) is 10.0 Å². The number of rotatable bonds is 2. The van der Waals surface area contributed by atoms with Gasteiger partial charge in [0.05, 0.1) is 16.0 Å². The molecule has 0 saturated heterocycles. The topological polar surface area (TPSA) is 22.0 Å². The van der Waals surface area contributed by atoms with Crippen molar-refractivity contribution in [2.45, 2.75) is 6.54 Å². The van der Waals surface area contributed by atoms with Crippen molar-refractivity contribution in [2.75, 3.05) is 0 Å². The maximum atomic E-state index is 13.3. The summed E-state index contributed by atoms with van der Waals surface area (Å²) in [6.45, 7) is 0.216. The molecular formula is C12H7Br2ClFNO. The Kier molecular flexibility index (Phi) is 4.25. The second-order valence-corrected chi connectivity index (χ2v) is 5.80. The molecule has 0 fully saturated rings. The highest BCUT2D eigenvalue weighted by Crippen LogP contribution is 2.21. The van der Waals surface area contributed by atoms with Crippen LogP contribution in [0, 0.1) is 5.82 Å². The fourth-order valence-corrected chi connectivity index (χ4v) is 2.98. The molecule has 0 radical (unpaired) electrons. The molecule has 0 unspecified atom stereocenters. The summed E-state index contributed by atoms with van der Waals surface area (Å²) in [6.07, 6.45) is 1.63. The van der Waals surface area contributed by atoms with Crippen LogP contribution in [0.3, 0.4) is 0 Å². The zero-order valence-corrected chi connectivity index (χ0v) is 12.9. The van der Waals surface area contributed by atoms with Gasteiger partial charge in [-0.05, 0) is 49.6 Å². The lowest BCUT2D eigenvalue weighted by molar-refractivity contribution is 0.623. The van der Waals surface area contributed by atoms with Gasteiger partial charge in [0.25, 0.3) is 5.56 Å². The van der Waals surface area contributed by atoms with Gasteiger partial charge < -0.3 is 4.57 Å². The van der Waals surface area contributed by atoms with E-state index < -0.39 is 5.82 Å². The fraction of sp³-hybridized carbons (Fsp3) is 0.0833. The van der Waals surface area contributed by atoms with Crippen molar-refractivity contribution >= 4 is 43.5 Å². The molecular weight excluding hydrogens is 388 g/mol. The van der Waals surface area contributed by atoms with Crippen molar-refractivity contribution in [2.24, 2.45) is 0 Å². The van der Waals surface area contributed by atoms with Crippen LogP contribution in [0.2, 0.25) is 5.02 Å². The minimum absolute atomic E-state index is 0.0421. The molecule has 94 valence electrons. The Balaban J connectivity index is 2.46. The lowest BCUT2D eigenvalue weighted by atomic mass is 10.2. The molecule has 2 rings (SSSR count). The van der Waals surface area contributed by atoms with Crippen LogP contribution in [0.5, 0.6) is 0 Å². The first-order chi connectivity index (χ1) is 8.49. The Labute approximate surface area is 125 Å². The molecule has 0 bridgehead atoms. The molecule has 0 N–H and O–H groups in total. The van der Waals surface area contributed by atoms with Crippen LogP contribution in [0.4, 0.5) is 4.39 Å². The number of hydrogen-bond donors (Lipinski definition) is 0. The Morgan fingerprint density at radius 3 is 2.78 bits per heavy atom. The predicted octanol–water partition coefficient (Wildman–Crippen LogP) is 4.21. The number of benzene rings is 1. The Morgan fingerprint density at radius 2 is 2.06 bits per heavy atom. The minimum atomic E-state index is -0.490. The van der Waals surface area contributed by atoms with Gasteiger partial charge in [0, 0.05) is 10.7 Å². The molecule has 0 saturated carbocycles. The summed E-state index contributed by atoms with van der Waals surface area (Å²) >= 11 is 12.3. The SMILES string of the molecule is O=c1c(Br)cc(Br)cn1Cc1cccc(F)c1Cl. The quantitative estimate of drug-likeness (QED) is 0.747. The molecule has 18 heavy (non-hydrogen) atoms. The molecule has 2 nitrogen and oxygen atoms in total. The zero-order chi connectivity index (χ0) is 13.3. The summed E-state index contributed by atoms with van der Waals surface area (Å²) < 4.78 is 15.9. The zero-order valence-electron chi connectivity index (χ0n) is 8.96. The summed E-state index contributed by atoms with van der Waals surface area (Å²) in [5.41, 5.74) is 0.363. The van der Waals surface area contributed by atoms with Crippen LogP contribution in [0.15, 0.2) is 44.2 Å². The van der Waals surface area contributed by atoms with E-state index in [1.807, 2.05) is 0 Å². The van der Waals surface area contributed by atoms with Gasteiger partial charge >= 0.3 is 0 Å². The number of hydrogen-bond acceptors (Lipinski definition) is 1. The van der Waals surface area contributed by atoms with Crippen LogP contribution >= 0.6 is 43.5 Å². The van der Waals surface area contributed by atoms with E-state index >= 15 is 0 Å². The van der Waals surface area contributed by atoms with Crippen LogP contribution in [-0.4, -0.2) is 4.57 Å². The van der Waals surface area contributed by atoms with E-state index in [-0.39, 0.29) is 17.1 Å². The van der Waals surface area contributed by atoms with Gasteiger partial charge in [-0.3, -0.25) is 4.79 Å². The molecule has 2 aromatic rings. The maximum Gasteiger partial charge on any atom is 0.265 e. The summed E-state index contributed by atoms with van der Waals surface area (Å²) in [7, 11) is 0. The number of aromatic nitrogens is 1. The average molecular weight is 395 g/mol. The van der Waals surface area contributed by atoms with E-state index in [9.17, 15) is 9.18 Å². The van der Waals surface area contributed by atoms with Crippen LogP contribution in [-0.2, 0) is 6.54 Å². The molecule has 1 heterocycles. The predicted molar refractivity (Wildman–Crippen MR) is 76.6 cm³/mol. The maximum absolute atomic E-state index is 13.3. The van der Waals surface area contributed by atoms with Crippen molar-refractivity contribution in [3.63, 3.8) is 0 Å². The molecule has 0 aliphatic carbocycles. The van der Waals surface area contributed by atoms with Crippen LogP contribution in [0.25, 0.3) is 0 Å². The largest absolute Gasteiger partial charge is 0.309 e. The van der Waals surface area contributed by atoms with Gasteiger partial charge in [0.2, 0.25) is 0 Å². The second-order valence-electron chi connectivity index (χ2n) is 3.65. The van der Waals surface area contributed by atoms with E-state index in [1.165, 1.54) is 10.6 Å². The van der Waals surface area contributed by atoms with Crippen molar-refractivity contribution in [3.8, 4) is 0 Å². The van der Waals surface area contributed by atoms with E-state index in [2.05, 4.69) is 31.9 Å². The molecule has 0 aliphatic rings. The highest BCUT2D eigenvalue weighted by Gasteiger charge is 2.09. The van der Waals surface area contributed by atoms with Gasteiger partial charge in [0.1, 0.15) is 5.82 Å². The van der Waals surface area contributed by atoms with Gasteiger partial charge in [-0.15, -0.1) is 0 Å². The summed E-state index contributed by atoms with van der Waals surface area (Å²) in [4.78, 5) is 11.9. The Hall–Kier alpha value is -0.650. The van der Waals surface area contributed by atoms with Crippen molar-refractivity contribution in [3.05, 3.63) is 66.2 Å². The van der Waals surface area contributed by atoms with Crippen LogP contribution < -0.4 is 5.56 Å². The highest BCUT2D eigenvalue weighted by atomic mass is 79.9. The van der Waals surface area contributed by atoms with Gasteiger partial charge in [0.15, 0.2) is 0 Å². The van der Waals surface area contributed by atoms with Gasteiger partial charge in [-0.2, -0.15) is 0 Å². The monoisotopic (exact) mass is 393 g/mol. The molecule has 1 aromatic heterocycles. The van der Waals surface area contributed by atoms with E-state index in [1.54, 1.807) is 24.4 Å². The molecule has 0 aliphatic heterocycles. The molecule has 0 spiro atoms. The summed E-state index contributed by atoms with van der Waals surface area (Å²) in [5.74, 6) is -0.490. The van der Waals surface area contributed by atoms with Gasteiger partial charge in [-0.25, -0.2) is 4.39 Å². The fourth-order valence-electron chi connectivity index (χ4n) is 1.54. The molecule has 0 atom stereocenters. The normalized spacial score (nSPS) is 10.7. The van der Waals surface area contributed by atoms with Crippen molar-refractivity contribution < 1.29 is 4.39 Å². The minimum Gasteiger partial charge on any atom is -0.309 e. The van der Waals surface area contributed by atoms with E-state index in [0.717, 1.165) is 4.47 Å². The standard InChI is InChI=1S/C12H7Br2ClFNO/c13-8-4-9(14)12(18)17(6-8)5-7-2-1-3-10(16)11(7)15/h1-4,6H,5H2. The third kappa shape index (κ3) is 2.84. The summed E-state index contributed by atoms with van der Waals surface area (Å²) in [5, 5.41) is 0.0421. The smallest absolute Gasteiger partial charge is 0.265 e. The second kappa shape index (κ2) is 5.55. The van der Waals surface area contributed by atoms with Crippen molar-refractivity contribution in [1.82, 2.24) is 4.57 Å². The third-order valence-corrected chi connectivity index (χ3v) is 3.81. The number of pyridine rings is 1.